The van der Waals surface area contributed by atoms with E-state index in [0.29, 0.717) is 24.9 Å². The number of aryl methyl sites for hydroxylation is 2. The lowest BCUT2D eigenvalue weighted by Crippen LogP contribution is -2.36. The fraction of sp³-hybridized carbons (Fsp3) is 0.500. The fourth-order valence-corrected chi connectivity index (χ4v) is 2.24. The van der Waals surface area contributed by atoms with Gasteiger partial charge in [-0.25, -0.2) is 9.98 Å². The number of nitrogens with zero attached hydrogens (tertiary/aromatic N) is 2. The summed E-state index contributed by atoms with van der Waals surface area (Å²) < 4.78 is 11.3. The van der Waals surface area contributed by atoms with Gasteiger partial charge in [0.15, 0.2) is 5.96 Å². The molecule has 0 fully saturated rings. The van der Waals surface area contributed by atoms with E-state index in [9.17, 15) is 0 Å². The van der Waals surface area contributed by atoms with Gasteiger partial charge in [0.1, 0.15) is 11.5 Å². The molecule has 2 rings (SSSR count). The van der Waals surface area contributed by atoms with Gasteiger partial charge in [-0.2, -0.15) is 0 Å². The average Bonchev–Trinajstić information content (AvgIpc) is 2.94. The lowest BCUT2D eigenvalue weighted by atomic mass is 10.2. The molecule has 0 saturated carbocycles. The molecule has 0 spiro atoms. The minimum atomic E-state index is 0.502. The van der Waals surface area contributed by atoms with Crippen LogP contribution in [-0.4, -0.2) is 24.1 Å². The highest BCUT2D eigenvalue weighted by atomic mass is 16.5. The van der Waals surface area contributed by atoms with Crippen LogP contribution >= 0.6 is 0 Å². The zero-order valence-corrected chi connectivity index (χ0v) is 16.4. The van der Waals surface area contributed by atoms with Crippen LogP contribution < -0.4 is 15.4 Å². The van der Waals surface area contributed by atoms with Crippen molar-refractivity contribution in [3.8, 4) is 5.75 Å². The van der Waals surface area contributed by atoms with Crippen molar-refractivity contribution < 1.29 is 9.15 Å². The molecular weight excluding hydrogens is 328 g/mol. The van der Waals surface area contributed by atoms with Gasteiger partial charge in [-0.05, 0) is 44.4 Å². The van der Waals surface area contributed by atoms with Crippen molar-refractivity contribution in [3.05, 3.63) is 47.2 Å². The summed E-state index contributed by atoms with van der Waals surface area (Å²) in [5.74, 6) is 3.66. The van der Waals surface area contributed by atoms with Crippen LogP contribution in [0.25, 0.3) is 0 Å². The van der Waals surface area contributed by atoms with Crippen molar-refractivity contribution >= 4 is 5.96 Å². The van der Waals surface area contributed by atoms with Crippen molar-refractivity contribution in [2.24, 2.45) is 10.9 Å². The molecule has 0 radical (unpaired) electrons. The molecule has 0 atom stereocenters. The number of hydrogen-bond donors (Lipinski definition) is 2. The number of ether oxygens (including phenoxy) is 1. The smallest absolute Gasteiger partial charge is 0.214 e. The molecule has 1 heterocycles. The molecule has 2 N–H and O–H groups in total. The molecule has 142 valence electrons. The molecule has 1 aromatic heterocycles. The Morgan fingerprint density at radius 1 is 1.19 bits per heavy atom. The lowest BCUT2D eigenvalue weighted by molar-refractivity contribution is 0.271. The third kappa shape index (κ3) is 6.43. The minimum Gasteiger partial charge on any atom is -0.493 e. The number of aliphatic imine (C=N–C) groups is 1. The Kier molecular flexibility index (Phi) is 7.51. The summed E-state index contributed by atoms with van der Waals surface area (Å²) in [5, 5.41) is 6.48. The molecule has 26 heavy (non-hydrogen) atoms. The first-order valence-electron chi connectivity index (χ1n) is 9.14. The Bertz CT molecular complexity index is 686. The molecule has 6 heteroatoms. The Hall–Kier alpha value is -2.50. The Morgan fingerprint density at radius 2 is 1.92 bits per heavy atom. The second kappa shape index (κ2) is 9.85. The van der Waals surface area contributed by atoms with Crippen LogP contribution in [0.3, 0.4) is 0 Å². The first kappa shape index (κ1) is 19.8. The maximum Gasteiger partial charge on any atom is 0.214 e. The highest BCUT2D eigenvalue weighted by Gasteiger charge is 2.06. The second-order valence-corrected chi connectivity index (χ2v) is 6.65. The van der Waals surface area contributed by atoms with E-state index in [2.05, 4.69) is 34.5 Å². The van der Waals surface area contributed by atoms with Gasteiger partial charge in [-0.1, -0.05) is 26.0 Å². The van der Waals surface area contributed by atoms with E-state index < -0.39 is 0 Å². The SMILES string of the molecule is CCNC(=NCc1ccc(OCC(C)C)cc1)NCc1nc(C)c(C)o1. The van der Waals surface area contributed by atoms with Crippen molar-refractivity contribution in [2.75, 3.05) is 13.2 Å². The van der Waals surface area contributed by atoms with Crippen LogP contribution in [0, 0.1) is 19.8 Å². The third-order valence-corrected chi connectivity index (χ3v) is 3.75. The molecule has 0 saturated heterocycles. The summed E-state index contributed by atoms with van der Waals surface area (Å²) in [4.78, 5) is 8.99. The van der Waals surface area contributed by atoms with Crippen LogP contribution in [-0.2, 0) is 13.1 Å². The van der Waals surface area contributed by atoms with Crippen LogP contribution in [0.1, 0.15) is 43.7 Å². The van der Waals surface area contributed by atoms with E-state index in [4.69, 9.17) is 9.15 Å². The predicted octanol–water partition coefficient (Wildman–Crippen LogP) is 3.58. The highest BCUT2D eigenvalue weighted by molar-refractivity contribution is 5.79. The summed E-state index contributed by atoms with van der Waals surface area (Å²) in [6.45, 7) is 12.8. The largest absolute Gasteiger partial charge is 0.493 e. The van der Waals surface area contributed by atoms with Gasteiger partial charge >= 0.3 is 0 Å². The molecule has 0 aliphatic rings. The standard InChI is InChI=1S/C20H30N4O2/c1-6-21-20(23-12-19-24-15(4)16(5)26-19)22-11-17-7-9-18(10-8-17)25-13-14(2)3/h7-10,14H,6,11-13H2,1-5H3,(H2,21,22,23). The molecule has 0 aliphatic heterocycles. The number of guanidine groups is 1. The fourth-order valence-electron chi connectivity index (χ4n) is 2.24. The monoisotopic (exact) mass is 358 g/mol. The zero-order valence-electron chi connectivity index (χ0n) is 16.4. The molecule has 6 nitrogen and oxygen atoms in total. The van der Waals surface area contributed by atoms with Gasteiger partial charge < -0.3 is 19.8 Å². The van der Waals surface area contributed by atoms with Crippen molar-refractivity contribution in [1.29, 1.82) is 0 Å². The van der Waals surface area contributed by atoms with Gasteiger partial charge in [-0.15, -0.1) is 0 Å². The van der Waals surface area contributed by atoms with E-state index in [1.165, 1.54) is 0 Å². The van der Waals surface area contributed by atoms with Gasteiger partial charge in [0.25, 0.3) is 0 Å². The zero-order chi connectivity index (χ0) is 18.9. The van der Waals surface area contributed by atoms with Gasteiger partial charge in [0.05, 0.1) is 25.4 Å². The second-order valence-electron chi connectivity index (χ2n) is 6.65. The first-order chi connectivity index (χ1) is 12.5. The topological polar surface area (TPSA) is 71.7 Å². The number of aromatic nitrogens is 1. The molecule has 0 unspecified atom stereocenters. The van der Waals surface area contributed by atoms with E-state index in [0.717, 1.165) is 41.9 Å². The predicted molar refractivity (Wildman–Crippen MR) is 104 cm³/mol. The van der Waals surface area contributed by atoms with E-state index in [1.807, 2.05) is 45.0 Å². The Balaban J connectivity index is 1.91. The number of rotatable bonds is 8. The van der Waals surface area contributed by atoms with Crippen molar-refractivity contribution in [3.63, 3.8) is 0 Å². The molecule has 0 amide bonds. The third-order valence-electron chi connectivity index (χ3n) is 3.75. The van der Waals surface area contributed by atoms with Crippen LogP contribution in [0.5, 0.6) is 5.75 Å². The average molecular weight is 358 g/mol. The molecule has 0 bridgehead atoms. The summed E-state index contributed by atoms with van der Waals surface area (Å²) in [7, 11) is 0. The summed E-state index contributed by atoms with van der Waals surface area (Å²) in [6.07, 6.45) is 0. The van der Waals surface area contributed by atoms with Gasteiger partial charge in [-0.3, -0.25) is 0 Å². The minimum absolute atomic E-state index is 0.502. The van der Waals surface area contributed by atoms with Crippen LogP contribution in [0.15, 0.2) is 33.7 Å². The summed E-state index contributed by atoms with van der Waals surface area (Å²) >= 11 is 0. The van der Waals surface area contributed by atoms with Crippen molar-refractivity contribution in [2.45, 2.75) is 47.7 Å². The highest BCUT2D eigenvalue weighted by Crippen LogP contribution is 2.14. The van der Waals surface area contributed by atoms with Gasteiger partial charge in [0, 0.05) is 6.54 Å². The number of nitrogens with one attached hydrogen (secondary N) is 2. The van der Waals surface area contributed by atoms with Crippen LogP contribution in [0.4, 0.5) is 0 Å². The van der Waals surface area contributed by atoms with Gasteiger partial charge in [0.2, 0.25) is 5.89 Å². The van der Waals surface area contributed by atoms with E-state index in [-0.39, 0.29) is 0 Å². The molecular formula is C20H30N4O2. The Labute approximate surface area is 156 Å². The number of benzene rings is 1. The Morgan fingerprint density at radius 3 is 2.50 bits per heavy atom. The molecule has 2 aromatic rings. The first-order valence-corrected chi connectivity index (χ1v) is 9.14. The maximum absolute atomic E-state index is 5.71. The summed E-state index contributed by atoms with van der Waals surface area (Å²) in [6, 6.07) is 8.07. The van der Waals surface area contributed by atoms with E-state index >= 15 is 0 Å². The summed E-state index contributed by atoms with van der Waals surface area (Å²) in [5.41, 5.74) is 2.05. The molecule has 1 aromatic carbocycles. The lowest BCUT2D eigenvalue weighted by Gasteiger charge is -2.10. The maximum atomic E-state index is 5.71. The number of hydrogen-bond acceptors (Lipinski definition) is 4. The quantitative estimate of drug-likeness (QED) is 0.557. The van der Waals surface area contributed by atoms with Crippen LogP contribution in [0.2, 0.25) is 0 Å². The normalized spacial score (nSPS) is 11.7. The molecule has 0 aliphatic carbocycles. The van der Waals surface area contributed by atoms with E-state index in [1.54, 1.807) is 0 Å². The van der Waals surface area contributed by atoms with Crippen molar-refractivity contribution in [1.82, 2.24) is 15.6 Å². The number of oxazole rings is 1.